The van der Waals surface area contributed by atoms with Crippen LogP contribution in [0.5, 0.6) is 0 Å². The van der Waals surface area contributed by atoms with E-state index in [0.29, 0.717) is 18.7 Å². The Hall–Kier alpha value is -4.60. The van der Waals surface area contributed by atoms with E-state index in [1.54, 1.807) is 30.6 Å². The van der Waals surface area contributed by atoms with Crippen LogP contribution in [0.25, 0.3) is 10.8 Å². The SMILES string of the molecule is CC(C)(C)OC(=O)N1CC[C@@H]2[C@H]1[C@@H](C(=O)Nc1cccc3ccccc13)CN2C(=O)CNC(=O)OCc1ccccc1. The molecule has 2 heterocycles. The molecule has 2 aliphatic rings. The molecule has 2 fully saturated rings. The number of carbonyl (C=O) groups is 4. The molecule has 42 heavy (non-hydrogen) atoms. The molecule has 0 aromatic heterocycles. The highest BCUT2D eigenvalue weighted by molar-refractivity contribution is 6.03. The highest BCUT2D eigenvalue weighted by Crippen LogP contribution is 2.37. The highest BCUT2D eigenvalue weighted by Gasteiger charge is 2.54. The van der Waals surface area contributed by atoms with Gasteiger partial charge in [0, 0.05) is 24.2 Å². The largest absolute Gasteiger partial charge is 0.445 e. The van der Waals surface area contributed by atoms with Crippen LogP contribution >= 0.6 is 0 Å². The molecule has 0 unspecified atom stereocenters. The Kier molecular flexibility index (Phi) is 8.33. The van der Waals surface area contributed by atoms with Crippen LogP contribution in [0.15, 0.2) is 72.8 Å². The summed E-state index contributed by atoms with van der Waals surface area (Å²) in [6, 6.07) is 21.7. The second-order valence-corrected chi connectivity index (χ2v) is 11.6. The standard InChI is InChI=1S/C32H36N4O6/c1-32(2,3)42-31(40)35-17-16-26-28(35)24(29(38)34-25-15-9-13-22-12-7-8-14-23(22)25)19-36(26)27(37)18-33-30(39)41-20-21-10-5-4-6-11-21/h4-15,24,26,28H,16-20H2,1-3H3,(H,33,39)(H,34,38)/t24-,26+,28+/m0/s1. The first-order valence-corrected chi connectivity index (χ1v) is 14.1. The van der Waals surface area contributed by atoms with E-state index in [9.17, 15) is 19.2 Å². The zero-order valence-electron chi connectivity index (χ0n) is 24.0. The van der Waals surface area contributed by atoms with Crippen molar-refractivity contribution >= 4 is 40.5 Å². The molecule has 0 bridgehead atoms. The Morgan fingerprint density at radius 3 is 2.38 bits per heavy atom. The van der Waals surface area contributed by atoms with Crippen molar-refractivity contribution in [3.8, 4) is 0 Å². The summed E-state index contributed by atoms with van der Waals surface area (Å²) in [6.07, 6.45) is -0.739. The molecular formula is C32H36N4O6. The number of rotatable bonds is 6. The Morgan fingerprint density at radius 1 is 0.905 bits per heavy atom. The molecule has 0 spiro atoms. The predicted octanol–water partition coefficient (Wildman–Crippen LogP) is 4.54. The van der Waals surface area contributed by atoms with Crippen molar-refractivity contribution in [2.45, 2.75) is 51.5 Å². The molecule has 10 nitrogen and oxygen atoms in total. The molecule has 2 saturated heterocycles. The third-order valence-electron chi connectivity index (χ3n) is 7.56. The first kappa shape index (κ1) is 28.9. The number of carbonyl (C=O) groups excluding carboxylic acids is 4. The van der Waals surface area contributed by atoms with E-state index in [0.717, 1.165) is 16.3 Å². The van der Waals surface area contributed by atoms with Crippen LogP contribution in [-0.4, -0.2) is 71.1 Å². The van der Waals surface area contributed by atoms with E-state index in [4.69, 9.17) is 9.47 Å². The third-order valence-corrected chi connectivity index (χ3v) is 7.56. The van der Waals surface area contributed by atoms with Crippen LogP contribution in [0.4, 0.5) is 15.3 Å². The lowest BCUT2D eigenvalue weighted by molar-refractivity contribution is -0.131. The molecule has 4 amide bonds. The number of alkyl carbamates (subject to hydrolysis) is 1. The number of nitrogens with one attached hydrogen (secondary N) is 2. The minimum absolute atomic E-state index is 0.0799. The molecular weight excluding hydrogens is 536 g/mol. The maximum Gasteiger partial charge on any atom is 0.410 e. The number of hydrogen-bond acceptors (Lipinski definition) is 6. The molecule has 10 heteroatoms. The molecule has 2 aliphatic heterocycles. The lowest BCUT2D eigenvalue weighted by Gasteiger charge is -2.30. The van der Waals surface area contributed by atoms with Crippen LogP contribution in [-0.2, 0) is 25.7 Å². The normalized spacial score (nSPS) is 19.7. The van der Waals surface area contributed by atoms with Crippen LogP contribution in [0.3, 0.4) is 0 Å². The maximum absolute atomic E-state index is 13.8. The number of benzene rings is 3. The van der Waals surface area contributed by atoms with Gasteiger partial charge in [-0.25, -0.2) is 9.59 Å². The zero-order valence-corrected chi connectivity index (χ0v) is 24.0. The van der Waals surface area contributed by atoms with Crippen molar-refractivity contribution < 1.29 is 28.7 Å². The summed E-state index contributed by atoms with van der Waals surface area (Å²) in [5, 5.41) is 7.44. The number of hydrogen-bond donors (Lipinski definition) is 2. The number of anilines is 1. The quantitative estimate of drug-likeness (QED) is 0.448. The van der Waals surface area contributed by atoms with Crippen molar-refractivity contribution in [1.29, 1.82) is 0 Å². The van der Waals surface area contributed by atoms with Gasteiger partial charge >= 0.3 is 12.2 Å². The van der Waals surface area contributed by atoms with Gasteiger partial charge < -0.3 is 29.9 Å². The minimum Gasteiger partial charge on any atom is -0.445 e. The van der Waals surface area contributed by atoms with Crippen molar-refractivity contribution in [3.63, 3.8) is 0 Å². The lowest BCUT2D eigenvalue weighted by Crippen LogP contribution is -2.48. The second-order valence-electron chi connectivity index (χ2n) is 11.6. The summed E-state index contributed by atoms with van der Waals surface area (Å²) < 4.78 is 10.9. The van der Waals surface area contributed by atoms with Gasteiger partial charge in [-0.15, -0.1) is 0 Å². The number of ether oxygens (including phenoxy) is 2. The number of amides is 4. The predicted molar refractivity (Wildman–Crippen MR) is 158 cm³/mol. The lowest BCUT2D eigenvalue weighted by atomic mass is 9.98. The third kappa shape index (κ3) is 6.48. The zero-order chi connectivity index (χ0) is 29.9. The van der Waals surface area contributed by atoms with E-state index in [1.807, 2.05) is 72.8 Å². The van der Waals surface area contributed by atoms with E-state index < -0.39 is 35.8 Å². The van der Waals surface area contributed by atoms with Crippen molar-refractivity contribution in [2.24, 2.45) is 5.92 Å². The number of fused-ring (bicyclic) bond motifs is 2. The monoisotopic (exact) mass is 572 g/mol. The van der Waals surface area contributed by atoms with Gasteiger partial charge in [0.1, 0.15) is 18.8 Å². The van der Waals surface area contributed by atoms with Crippen LogP contribution in [0, 0.1) is 5.92 Å². The molecule has 5 rings (SSSR count). The summed E-state index contributed by atoms with van der Waals surface area (Å²) in [7, 11) is 0. The summed E-state index contributed by atoms with van der Waals surface area (Å²) in [4.78, 5) is 55.8. The average Bonchev–Trinajstić information content (AvgIpc) is 3.56. The summed E-state index contributed by atoms with van der Waals surface area (Å²) in [6.45, 7) is 5.60. The Balaban J connectivity index is 1.30. The van der Waals surface area contributed by atoms with Gasteiger partial charge in [0.15, 0.2) is 0 Å². The van der Waals surface area contributed by atoms with Gasteiger partial charge in [-0.05, 0) is 44.2 Å². The average molecular weight is 573 g/mol. The topological polar surface area (TPSA) is 117 Å². The highest BCUT2D eigenvalue weighted by atomic mass is 16.6. The molecule has 0 saturated carbocycles. The number of likely N-dealkylation sites (tertiary alicyclic amines) is 2. The van der Waals surface area contributed by atoms with Gasteiger partial charge in [-0.3, -0.25) is 9.59 Å². The van der Waals surface area contributed by atoms with Crippen molar-refractivity contribution in [1.82, 2.24) is 15.1 Å². The Bertz CT molecular complexity index is 1470. The van der Waals surface area contributed by atoms with Gasteiger partial charge in [0.2, 0.25) is 11.8 Å². The molecule has 220 valence electrons. The van der Waals surface area contributed by atoms with Crippen LogP contribution in [0.1, 0.15) is 32.8 Å². The summed E-state index contributed by atoms with van der Waals surface area (Å²) in [5.74, 6) is -1.34. The Labute approximate surface area is 244 Å². The van der Waals surface area contributed by atoms with E-state index in [1.165, 1.54) is 0 Å². The van der Waals surface area contributed by atoms with E-state index in [2.05, 4.69) is 10.6 Å². The van der Waals surface area contributed by atoms with Gasteiger partial charge in [0.25, 0.3) is 0 Å². The molecule has 2 N–H and O–H groups in total. The fourth-order valence-electron chi connectivity index (χ4n) is 5.72. The van der Waals surface area contributed by atoms with Crippen LogP contribution < -0.4 is 10.6 Å². The minimum atomic E-state index is -0.714. The van der Waals surface area contributed by atoms with Crippen molar-refractivity contribution in [2.75, 3.05) is 25.0 Å². The molecule has 0 aliphatic carbocycles. The van der Waals surface area contributed by atoms with E-state index in [-0.39, 0.29) is 31.5 Å². The maximum atomic E-state index is 13.8. The fourth-order valence-corrected chi connectivity index (χ4v) is 5.72. The fraction of sp³-hybridized carbons (Fsp3) is 0.375. The smallest absolute Gasteiger partial charge is 0.410 e. The summed E-state index contributed by atoms with van der Waals surface area (Å²) >= 11 is 0. The van der Waals surface area contributed by atoms with Crippen molar-refractivity contribution in [3.05, 3.63) is 78.4 Å². The molecule has 0 radical (unpaired) electrons. The van der Waals surface area contributed by atoms with E-state index >= 15 is 0 Å². The van der Waals surface area contributed by atoms with Gasteiger partial charge in [-0.2, -0.15) is 0 Å². The second kappa shape index (κ2) is 12.1. The van der Waals surface area contributed by atoms with Gasteiger partial charge in [0.05, 0.1) is 18.0 Å². The Morgan fingerprint density at radius 2 is 1.62 bits per heavy atom. The molecule has 3 atom stereocenters. The molecule has 3 aromatic rings. The van der Waals surface area contributed by atoms with Crippen LogP contribution in [0.2, 0.25) is 0 Å². The molecule has 3 aromatic carbocycles. The summed E-state index contributed by atoms with van der Waals surface area (Å²) in [5.41, 5.74) is 0.771. The number of nitrogens with zero attached hydrogens (tertiary/aromatic N) is 2. The first-order valence-electron chi connectivity index (χ1n) is 14.1. The first-order chi connectivity index (χ1) is 20.1. The van der Waals surface area contributed by atoms with Gasteiger partial charge in [-0.1, -0.05) is 66.7 Å².